The van der Waals surface area contributed by atoms with Crippen LogP contribution >= 0.6 is 35.6 Å². The average molecular weight is 340 g/mol. The molecule has 1 amide bonds. The van der Waals surface area contributed by atoms with Crippen LogP contribution in [-0.4, -0.2) is 55.6 Å². The second-order valence-electron chi connectivity index (χ2n) is 4.36. The molecule has 0 atom stereocenters. The summed E-state index contributed by atoms with van der Waals surface area (Å²) in [4.78, 5) is 19.9. The lowest BCUT2D eigenvalue weighted by Gasteiger charge is -2.35. The highest BCUT2D eigenvalue weighted by Crippen LogP contribution is 2.26. The number of likely N-dealkylation sites (N-methyl/N-ethyl adjacent to an activating group) is 1. The van der Waals surface area contributed by atoms with Gasteiger partial charge >= 0.3 is 0 Å². The summed E-state index contributed by atoms with van der Waals surface area (Å²) in [6.45, 7) is 3.19. The van der Waals surface area contributed by atoms with Crippen molar-refractivity contribution in [3.63, 3.8) is 0 Å². The lowest BCUT2D eigenvalue weighted by atomic mass is 10.3. The quantitative estimate of drug-likeness (QED) is 0.910. The smallest absolute Gasteiger partial charge is 0.236 e. The number of hydrogen-bond acceptors (Lipinski definition) is 4. The van der Waals surface area contributed by atoms with Gasteiger partial charge in [0.2, 0.25) is 5.91 Å². The van der Waals surface area contributed by atoms with E-state index in [1.807, 2.05) is 4.90 Å². The van der Waals surface area contributed by atoms with Crippen molar-refractivity contribution in [2.24, 2.45) is 0 Å². The van der Waals surface area contributed by atoms with E-state index < -0.39 is 0 Å². The van der Waals surface area contributed by atoms with E-state index in [2.05, 4.69) is 15.2 Å². The minimum Gasteiger partial charge on any atom is -0.352 e. The first-order valence-electron chi connectivity index (χ1n) is 6.10. The number of nitrogens with one attached hydrogen (secondary N) is 1. The van der Waals surface area contributed by atoms with E-state index in [1.165, 1.54) is 0 Å². The van der Waals surface area contributed by atoms with Crippen molar-refractivity contribution in [2.75, 3.05) is 44.7 Å². The van der Waals surface area contributed by atoms with Crippen LogP contribution in [0.5, 0.6) is 0 Å². The third kappa shape index (κ3) is 4.12. The highest BCUT2D eigenvalue weighted by Gasteiger charge is 2.22. The molecule has 0 saturated carbocycles. The number of rotatable bonds is 3. The summed E-state index contributed by atoms with van der Waals surface area (Å²) >= 11 is 12.0. The number of anilines is 1. The zero-order valence-corrected chi connectivity index (χ0v) is 13.4. The Hall–Kier alpha value is -0.750. The Labute approximate surface area is 134 Å². The molecular formula is C12H17Cl3N4O. The van der Waals surface area contributed by atoms with Crippen molar-refractivity contribution in [3.05, 3.63) is 22.3 Å². The van der Waals surface area contributed by atoms with Gasteiger partial charge < -0.3 is 15.1 Å². The van der Waals surface area contributed by atoms with Gasteiger partial charge in [-0.05, 0) is 13.1 Å². The minimum atomic E-state index is 0. The summed E-state index contributed by atoms with van der Waals surface area (Å²) < 4.78 is 0. The SMILES string of the molecule is CNCC(=O)N1CCN(c2ncc(Cl)cc2Cl)CC1.Cl. The van der Waals surface area contributed by atoms with E-state index in [9.17, 15) is 4.79 Å². The number of halogens is 3. The molecule has 1 aliphatic heterocycles. The van der Waals surface area contributed by atoms with Gasteiger partial charge in [0.05, 0.1) is 16.6 Å². The van der Waals surface area contributed by atoms with Crippen molar-refractivity contribution < 1.29 is 4.79 Å². The fourth-order valence-corrected chi connectivity index (χ4v) is 2.57. The van der Waals surface area contributed by atoms with Crippen molar-refractivity contribution in [1.29, 1.82) is 0 Å². The van der Waals surface area contributed by atoms with Gasteiger partial charge in [0.25, 0.3) is 0 Å². The Morgan fingerprint density at radius 3 is 2.55 bits per heavy atom. The van der Waals surface area contributed by atoms with Gasteiger partial charge in [0, 0.05) is 32.4 Å². The summed E-state index contributed by atoms with van der Waals surface area (Å²) in [5.41, 5.74) is 0. The van der Waals surface area contributed by atoms with Gasteiger partial charge in [0.15, 0.2) is 0 Å². The van der Waals surface area contributed by atoms with E-state index in [0.29, 0.717) is 29.7 Å². The van der Waals surface area contributed by atoms with Crippen LogP contribution in [0.2, 0.25) is 10.0 Å². The predicted molar refractivity (Wildman–Crippen MR) is 84.2 cm³/mol. The van der Waals surface area contributed by atoms with Gasteiger partial charge in [0.1, 0.15) is 5.82 Å². The topological polar surface area (TPSA) is 48.5 Å². The fourth-order valence-electron chi connectivity index (χ4n) is 2.07. The van der Waals surface area contributed by atoms with Gasteiger partial charge in [-0.15, -0.1) is 12.4 Å². The van der Waals surface area contributed by atoms with Crippen molar-refractivity contribution in [2.45, 2.75) is 0 Å². The molecule has 20 heavy (non-hydrogen) atoms. The van der Waals surface area contributed by atoms with Gasteiger partial charge in [-0.3, -0.25) is 4.79 Å². The van der Waals surface area contributed by atoms with Gasteiger partial charge in [-0.25, -0.2) is 4.98 Å². The normalized spacial score (nSPS) is 14.9. The van der Waals surface area contributed by atoms with Crippen LogP contribution in [0.1, 0.15) is 0 Å². The second kappa shape index (κ2) is 7.88. The van der Waals surface area contributed by atoms with Crippen LogP contribution in [-0.2, 0) is 4.79 Å². The number of piperazine rings is 1. The van der Waals surface area contributed by atoms with Crippen LogP contribution in [0.4, 0.5) is 5.82 Å². The van der Waals surface area contributed by atoms with E-state index in [0.717, 1.165) is 18.9 Å². The molecule has 0 aromatic carbocycles. The summed E-state index contributed by atoms with van der Waals surface area (Å²) in [7, 11) is 1.77. The number of aromatic nitrogens is 1. The van der Waals surface area contributed by atoms with Gasteiger partial charge in [-0.1, -0.05) is 23.2 Å². The second-order valence-corrected chi connectivity index (χ2v) is 5.20. The molecule has 5 nitrogen and oxygen atoms in total. The lowest BCUT2D eigenvalue weighted by Crippen LogP contribution is -2.50. The van der Waals surface area contributed by atoms with E-state index in [-0.39, 0.29) is 18.3 Å². The molecule has 8 heteroatoms. The first-order valence-corrected chi connectivity index (χ1v) is 6.86. The number of amides is 1. The highest BCUT2D eigenvalue weighted by molar-refractivity contribution is 6.36. The van der Waals surface area contributed by atoms with Crippen LogP contribution in [0.15, 0.2) is 12.3 Å². The predicted octanol–water partition coefficient (Wildman–Crippen LogP) is 1.68. The van der Waals surface area contributed by atoms with Gasteiger partial charge in [-0.2, -0.15) is 0 Å². The van der Waals surface area contributed by atoms with Crippen LogP contribution in [0.3, 0.4) is 0 Å². The monoisotopic (exact) mass is 338 g/mol. The Kier molecular flexibility index (Phi) is 6.82. The number of nitrogens with zero attached hydrogens (tertiary/aromatic N) is 3. The molecule has 1 aromatic rings. The molecular weight excluding hydrogens is 323 g/mol. The Bertz CT molecular complexity index is 464. The molecule has 1 N–H and O–H groups in total. The van der Waals surface area contributed by atoms with E-state index >= 15 is 0 Å². The molecule has 1 aromatic heterocycles. The number of pyridine rings is 1. The third-order valence-electron chi connectivity index (χ3n) is 3.05. The summed E-state index contributed by atoms with van der Waals surface area (Å²) in [5.74, 6) is 0.851. The zero-order valence-electron chi connectivity index (χ0n) is 11.1. The molecule has 1 aliphatic rings. The summed E-state index contributed by atoms with van der Waals surface area (Å²) in [6.07, 6.45) is 1.58. The first kappa shape index (κ1) is 17.3. The molecule has 0 unspecified atom stereocenters. The average Bonchev–Trinajstić information content (AvgIpc) is 2.39. The highest BCUT2D eigenvalue weighted by atomic mass is 35.5. The maximum Gasteiger partial charge on any atom is 0.236 e. The third-order valence-corrected chi connectivity index (χ3v) is 3.53. The largest absolute Gasteiger partial charge is 0.352 e. The molecule has 0 bridgehead atoms. The van der Waals surface area contributed by atoms with Crippen molar-refractivity contribution >= 4 is 47.3 Å². The molecule has 2 heterocycles. The maximum absolute atomic E-state index is 11.7. The number of hydrogen-bond donors (Lipinski definition) is 1. The molecule has 0 radical (unpaired) electrons. The Morgan fingerprint density at radius 2 is 2.00 bits per heavy atom. The fraction of sp³-hybridized carbons (Fsp3) is 0.500. The number of carbonyl (C=O) groups is 1. The Morgan fingerprint density at radius 1 is 1.35 bits per heavy atom. The van der Waals surface area contributed by atoms with Crippen LogP contribution < -0.4 is 10.2 Å². The lowest BCUT2D eigenvalue weighted by molar-refractivity contribution is -0.130. The van der Waals surface area contributed by atoms with Crippen molar-refractivity contribution in [1.82, 2.24) is 15.2 Å². The van der Waals surface area contributed by atoms with Crippen LogP contribution in [0.25, 0.3) is 0 Å². The molecule has 112 valence electrons. The van der Waals surface area contributed by atoms with Crippen molar-refractivity contribution in [3.8, 4) is 0 Å². The molecule has 0 aliphatic carbocycles. The molecule has 0 spiro atoms. The Balaban J connectivity index is 0.00000200. The zero-order chi connectivity index (χ0) is 13.8. The molecule has 1 fully saturated rings. The maximum atomic E-state index is 11.7. The van der Waals surface area contributed by atoms with E-state index in [4.69, 9.17) is 23.2 Å². The first-order chi connectivity index (χ1) is 9.11. The summed E-state index contributed by atoms with van der Waals surface area (Å²) in [5, 5.41) is 3.94. The molecule has 2 rings (SSSR count). The van der Waals surface area contributed by atoms with Crippen LogP contribution in [0, 0.1) is 0 Å². The number of carbonyl (C=O) groups excluding carboxylic acids is 1. The summed E-state index contributed by atoms with van der Waals surface area (Å²) in [6, 6.07) is 1.68. The van der Waals surface area contributed by atoms with E-state index in [1.54, 1.807) is 19.3 Å². The standard InChI is InChI=1S/C12H16Cl2N4O.ClH/c1-15-8-11(19)17-2-4-18(5-3-17)12-10(14)6-9(13)7-16-12;/h6-7,15H,2-5,8H2,1H3;1H. The molecule has 1 saturated heterocycles. The minimum absolute atomic E-state index is 0.